The largest absolute Gasteiger partial charge is 0.307 e. The van der Waals surface area contributed by atoms with Gasteiger partial charge in [-0.15, -0.1) is 0 Å². The smallest absolute Gasteiger partial charge is 0.238 e. The van der Waals surface area contributed by atoms with Crippen LogP contribution in [-0.4, -0.2) is 29.1 Å². The predicted molar refractivity (Wildman–Crippen MR) is 187 cm³/mol. The molecule has 6 nitrogen and oxygen atoms in total. The quantitative estimate of drug-likeness (QED) is 0.204. The average Bonchev–Trinajstić information content (AvgIpc) is 3.62. The van der Waals surface area contributed by atoms with Gasteiger partial charge in [0.15, 0.2) is 11.6 Å². The number of hydrogen-bond acceptors (Lipinski definition) is 4. The van der Waals surface area contributed by atoms with Crippen molar-refractivity contribution in [2.24, 2.45) is 0 Å². The molecular formula is C40H28N6. The van der Waals surface area contributed by atoms with Crippen molar-refractivity contribution in [1.82, 2.24) is 29.1 Å². The van der Waals surface area contributed by atoms with E-state index in [0.29, 0.717) is 17.6 Å². The molecule has 0 radical (unpaired) electrons. The highest BCUT2D eigenvalue weighted by Crippen LogP contribution is 2.38. The van der Waals surface area contributed by atoms with Gasteiger partial charge in [0.2, 0.25) is 5.95 Å². The Morgan fingerprint density at radius 1 is 0.457 bits per heavy atom. The van der Waals surface area contributed by atoms with Crippen molar-refractivity contribution < 1.29 is 0 Å². The van der Waals surface area contributed by atoms with Gasteiger partial charge in [0, 0.05) is 38.4 Å². The Balaban J connectivity index is 1.37. The van der Waals surface area contributed by atoms with Crippen LogP contribution in [0.4, 0.5) is 0 Å². The minimum absolute atomic E-state index is 0.576. The topological polar surface area (TPSA) is 61.4 Å². The van der Waals surface area contributed by atoms with Crippen LogP contribution in [0.5, 0.6) is 0 Å². The number of rotatable bonds is 4. The van der Waals surface area contributed by atoms with Gasteiger partial charge in [0.1, 0.15) is 0 Å². The number of aromatic nitrogens is 6. The third kappa shape index (κ3) is 3.97. The van der Waals surface area contributed by atoms with Gasteiger partial charge in [0.25, 0.3) is 0 Å². The van der Waals surface area contributed by atoms with Crippen molar-refractivity contribution in [3.8, 4) is 34.4 Å². The van der Waals surface area contributed by atoms with Crippen molar-refractivity contribution in [2.75, 3.05) is 0 Å². The van der Waals surface area contributed by atoms with Crippen LogP contribution in [-0.2, 0) is 0 Å². The standard InChI is InChI=1S/C40H28N6/c1-25-24-32-30-18-8-10-20-33(30)45(37(32)26(2)41-25)36-23-13-9-19-31(36)39-42-38(27-14-4-3-5-15-27)43-40(44-39)46-34-21-11-6-16-28(34)29-17-7-12-22-35(29)46/h3-24H,1-2H3. The Kier molecular flexibility index (Phi) is 5.83. The second-order valence-electron chi connectivity index (χ2n) is 11.6. The lowest BCUT2D eigenvalue weighted by atomic mass is 10.1. The van der Waals surface area contributed by atoms with E-state index >= 15 is 0 Å². The molecule has 0 unspecified atom stereocenters. The molecule has 0 amide bonds. The summed E-state index contributed by atoms with van der Waals surface area (Å²) in [6.45, 7) is 4.14. The highest BCUT2D eigenvalue weighted by Gasteiger charge is 2.21. The molecule has 0 spiro atoms. The highest BCUT2D eigenvalue weighted by atomic mass is 15.2. The van der Waals surface area contributed by atoms with E-state index in [2.05, 4.69) is 120 Å². The van der Waals surface area contributed by atoms with Gasteiger partial charge in [-0.1, -0.05) is 97.1 Å². The van der Waals surface area contributed by atoms with E-state index in [-0.39, 0.29) is 0 Å². The van der Waals surface area contributed by atoms with Gasteiger partial charge in [0.05, 0.1) is 33.4 Å². The van der Waals surface area contributed by atoms with Crippen molar-refractivity contribution in [1.29, 1.82) is 0 Å². The number of nitrogens with zero attached hydrogens (tertiary/aromatic N) is 6. The Labute approximate surface area is 265 Å². The van der Waals surface area contributed by atoms with Gasteiger partial charge >= 0.3 is 0 Å². The minimum atomic E-state index is 0.576. The number of benzene rings is 5. The lowest BCUT2D eigenvalue weighted by Gasteiger charge is -2.15. The van der Waals surface area contributed by atoms with Crippen LogP contribution < -0.4 is 0 Å². The van der Waals surface area contributed by atoms with Gasteiger partial charge in [-0.05, 0) is 50.2 Å². The van der Waals surface area contributed by atoms with E-state index in [0.717, 1.165) is 61.0 Å². The molecule has 0 fully saturated rings. The normalized spacial score (nSPS) is 11.7. The molecule has 9 aromatic rings. The van der Waals surface area contributed by atoms with Crippen LogP contribution in [0.15, 0.2) is 133 Å². The van der Waals surface area contributed by atoms with Gasteiger partial charge in [-0.3, -0.25) is 9.55 Å². The Morgan fingerprint density at radius 2 is 1.00 bits per heavy atom. The molecule has 6 heteroatoms. The van der Waals surface area contributed by atoms with E-state index in [1.165, 1.54) is 10.8 Å². The first-order chi connectivity index (χ1) is 22.7. The number of aryl methyl sites for hydroxylation is 2. The molecule has 0 bridgehead atoms. The van der Waals surface area contributed by atoms with Crippen LogP contribution in [0, 0.1) is 13.8 Å². The van der Waals surface area contributed by atoms with Crippen molar-refractivity contribution in [3.05, 3.63) is 145 Å². The van der Waals surface area contributed by atoms with Crippen molar-refractivity contribution in [3.63, 3.8) is 0 Å². The number of hydrogen-bond donors (Lipinski definition) is 0. The molecule has 0 aliphatic carbocycles. The molecule has 0 N–H and O–H groups in total. The summed E-state index contributed by atoms with van der Waals surface area (Å²) in [6, 6.07) is 46.1. The summed E-state index contributed by atoms with van der Waals surface area (Å²) in [6.07, 6.45) is 0. The Bertz CT molecular complexity index is 2560. The van der Waals surface area contributed by atoms with Crippen LogP contribution in [0.25, 0.3) is 78.0 Å². The maximum absolute atomic E-state index is 5.25. The molecule has 46 heavy (non-hydrogen) atoms. The molecule has 0 atom stereocenters. The molecule has 0 aliphatic heterocycles. The maximum Gasteiger partial charge on any atom is 0.238 e. The fourth-order valence-electron chi connectivity index (χ4n) is 6.87. The maximum atomic E-state index is 5.25. The molecule has 0 saturated carbocycles. The summed E-state index contributed by atoms with van der Waals surface area (Å²) in [7, 11) is 0. The average molecular weight is 593 g/mol. The van der Waals surface area contributed by atoms with E-state index in [4.69, 9.17) is 19.9 Å². The molecule has 9 rings (SSSR count). The molecule has 0 aliphatic rings. The monoisotopic (exact) mass is 592 g/mol. The number of fused-ring (bicyclic) bond motifs is 6. The van der Waals surface area contributed by atoms with Crippen LogP contribution in [0.2, 0.25) is 0 Å². The van der Waals surface area contributed by atoms with Crippen molar-refractivity contribution >= 4 is 43.6 Å². The summed E-state index contributed by atoms with van der Waals surface area (Å²) >= 11 is 0. The zero-order chi connectivity index (χ0) is 30.8. The van der Waals surface area contributed by atoms with Crippen LogP contribution >= 0.6 is 0 Å². The third-order valence-electron chi connectivity index (χ3n) is 8.78. The van der Waals surface area contributed by atoms with E-state index in [1.54, 1.807) is 0 Å². The van der Waals surface area contributed by atoms with Gasteiger partial charge in [-0.2, -0.15) is 9.97 Å². The highest BCUT2D eigenvalue weighted by molar-refractivity contribution is 6.11. The van der Waals surface area contributed by atoms with E-state index in [9.17, 15) is 0 Å². The second kappa shape index (κ2) is 10.2. The van der Waals surface area contributed by atoms with E-state index in [1.807, 2.05) is 36.4 Å². The minimum Gasteiger partial charge on any atom is -0.307 e. The summed E-state index contributed by atoms with van der Waals surface area (Å²) in [5.41, 5.74) is 9.10. The molecular weight excluding hydrogens is 564 g/mol. The summed E-state index contributed by atoms with van der Waals surface area (Å²) < 4.78 is 4.47. The fourth-order valence-corrected chi connectivity index (χ4v) is 6.87. The SMILES string of the molecule is Cc1cc2c3ccccc3n(-c3ccccc3-c3nc(-c4ccccc4)nc(-n4c5ccccc5c5ccccc54)n3)c2c(C)n1. The van der Waals surface area contributed by atoms with Crippen LogP contribution in [0.3, 0.4) is 0 Å². The molecule has 218 valence electrons. The Hall–Kier alpha value is -6.14. The first kappa shape index (κ1) is 26.3. The molecule has 5 aromatic carbocycles. The van der Waals surface area contributed by atoms with Crippen LogP contribution in [0.1, 0.15) is 11.4 Å². The zero-order valence-electron chi connectivity index (χ0n) is 25.4. The zero-order valence-corrected chi connectivity index (χ0v) is 25.4. The van der Waals surface area contributed by atoms with Gasteiger partial charge < -0.3 is 4.57 Å². The first-order valence-corrected chi connectivity index (χ1v) is 15.4. The third-order valence-corrected chi connectivity index (χ3v) is 8.78. The second-order valence-corrected chi connectivity index (χ2v) is 11.6. The summed E-state index contributed by atoms with van der Waals surface area (Å²) in [5.74, 6) is 1.80. The summed E-state index contributed by atoms with van der Waals surface area (Å²) in [5, 5.41) is 4.69. The van der Waals surface area contributed by atoms with E-state index < -0.39 is 0 Å². The predicted octanol–water partition coefficient (Wildman–Crippen LogP) is 9.41. The first-order valence-electron chi connectivity index (χ1n) is 15.4. The number of para-hydroxylation sites is 4. The lowest BCUT2D eigenvalue weighted by Crippen LogP contribution is -2.08. The molecule has 0 saturated heterocycles. The van der Waals surface area contributed by atoms with Gasteiger partial charge in [-0.25, -0.2) is 4.98 Å². The summed E-state index contributed by atoms with van der Waals surface area (Å²) in [4.78, 5) is 20.4. The number of pyridine rings is 1. The fraction of sp³-hybridized carbons (Fsp3) is 0.0500. The molecule has 4 heterocycles. The molecule has 4 aromatic heterocycles. The Morgan fingerprint density at radius 3 is 1.70 bits per heavy atom. The lowest BCUT2D eigenvalue weighted by molar-refractivity contribution is 0.951. The van der Waals surface area contributed by atoms with Crippen molar-refractivity contribution in [2.45, 2.75) is 13.8 Å².